The molecule has 0 spiro atoms. The summed E-state index contributed by atoms with van der Waals surface area (Å²) in [4.78, 5) is 0. The number of aliphatic hydroxyl groups is 1. The standard InChI is InChI=1S/C18H30O3/c1-3-5-6-7-8-11-14-20-15-17(19)16-12-9-10-13-18(16)21-4-2/h9-10,12-13,17,19H,3-8,11,14-15H2,1-2H3. The summed E-state index contributed by atoms with van der Waals surface area (Å²) in [5.74, 6) is 0.746. The first-order valence-electron chi connectivity index (χ1n) is 8.27. The topological polar surface area (TPSA) is 38.7 Å². The molecule has 3 nitrogen and oxygen atoms in total. The first-order valence-corrected chi connectivity index (χ1v) is 8.27. The van der Waals surface area contributed by atoms with E-state index in [1.54, 1.807) is 0 Å². The Kier molecular flexibility index (Phi) is 9.92. The molecule has 0 amide bonds. The fourth-order valence-electron chi connectivity index (χ4n) is 2.31. The quantitative estimate of drug-likeness (QED) is 0.577. The number of benzene rings is 1. The smallest absolute Gasteiger partial charge is 0.125 e. The molecular weight excluding hydrogens is 264 g/mol. The molecule has 1 N–H and O–H groups in total. The Labute approximate surface area is 129 Å². The van der Waals surface area contributed by atoms with Crippen molar-refractivity contribution < 1.29 is 14.6 Å². The molecule has 1 aromatic rings. The van der Waals surface area contributed by atoms with Gasteiger partial charge >= 0.3 is 0 Å². The number of hydrogen-bond donors (Lipinski definition) is 1. The Morgan fingerprint density at radius 2 is 1.71 bits per heavy atom. The van der Waals surface area contributed by atoms with Crippen molar-refractivity contribution in [3.8, 4) is 5.75 Å². The van der Waals surface area contributed by atoms with Gasteiger partial charge in [0.15, 0.2) is 0 Å². The van der Waals surface area contributed by atoms with Crippen LogP contribution in [0.15, 0.2) is 24.3 Å². The summed E-state index contributed by atoms with van der Waals surface area (Å²) in [6.45, 7) is 5.82. The summed E-state index contributed by atoms with van der Waals surface area (Å²) < 4.78 is 11.1. The molecule has 0 bridgehead atoms. The lowest BCUT2D eigenvalue weighted by atomic mass is 10.1. The Bertz CT molecular complexity index is 365. The number of hydrogen-bond acceptors (Lipinski definition) is 3. The molecule has 1 unspecified atom stereocenters. The van der Waals surface area contributed by atoms with Gasteiger partial charge in [-0.05, 0) is 19.4 Å². The second kappa shape index (κ2) is 11.6. The molecule has 0 fully saturated rings. The fourth-order valence-corrected chi connectivity index (χ4v) is 2.31. The van der Waals surface area contributed by atoms with Crippen molar-refractivity contribution in [1.82, 2.24) is 0 Å². The molecule has 3 heteroatoms. The van der Waals surface area contributed by atoms with Gasteiger partial charge in [0.25, 0.3) is 0 Å². The highest BCUT2D eigenvalue weighted by molar-refractivity contribution is 5.35. The lowest BCUT2D eigenvalue weighted by Gasteiger charge is -2.15. The van der Waals surface area contributed by atoms with Crippen LogP contribution in [0.2, 0.25) is 0 Å². The molecule has 0 heterocycles. The third kappa shape index (κ3) is 7.49. The predicted octanol–water partition coefficient (Wildman–Crippen LogP) is 4.50. The van der Waals surface area contributed by atoms with Gasteiger partial charge in [-0.3, -0.25) is 0 Å². The summed E-state index contributed by atoms with van der Waals surface area (Å²) in [6.07, 6.45) is 6.88. The van der Waals surface area contributed by atoms with Crippen molar-refractivity contribution in [1.29, 1.82) is 0 Å². The van der Waals surface area contributed by atoms with Crippen LogP contribution in [0.3, 0.4) is 0 Å². The van der Waals surface area contributed by atoms with Gasteiger partial charge < -0.3 is 14.6 Å². The van der Waals surface area contributed by atoms with E-state index in [1.807, 2.05) is 31.2 Å². The highest BCUT2D eigenvalue weighted by atomic mass is 16.5. The number of ether oxygens (including phenoxy) is 2. The molecule has 0 aromatic heterocycles. The minimum absolute atomic E-state index is 0.332. The van der Waals surface area contributed by atoms with Crippen molar-refractivity contribution in [2.75, 3.05) is 19.8 Å². The van der Waals surface area contributed by atoms with Crippen molar-refractivity contribution in [3.63, 3.8) is 0 Å². The molecule has 1 aromatic carbocycles. The maximum atomic E-state index is 10.2. The Hall–Kier alpha value is -1.06. The first-order chi connectivity index (χ1) is 10.3. The van der Waals surface area contributed by atoms with Crippen molar-refractivity contribution >= 4 is 0 Å². The van der Waals surface area contributed by atoms with E-state index in [4.69, 9.17) is 9.47 Å². The van der Waals surface area contributed by atoms with Gasteiger partial charge in [0.1, 0.15) is 11.9 Å². The molecule has 0 saturated carbocycles. The second-order valence-electron chi connectivity index (χ2n) is 5.33. The normalized spacial score (nSPS) is 12.3. The third-order valence-electron chi connectivity index (χ3n) is 3.50. The third-order valence-corrected chi connectivity index (χ3v) is 3.50. The van der Waals surface area contributed by atoms with E-state index in [9.17, 15) is 5.11 Å². The number of aliphatic hydroxyl groups excluding tert-OH is 1. The lowest BCUT2D eigenvalue weighted by molar-refractivity contribution is 0.0330. The average Bonchev–Trinajstić information content (AvgIpc) is 2.50. The molecule has 120 valence electrons. The number of para-hydroxylation sites is 1. The highest BCUT2D eigenvalue weighted by Crippen LogP contribution is 2.25. The van der Waals surface area contributed by atoms with Crippen molar-refractivity contribution in [3.05, 3.63) is 29.8 Å². The zero-order valence-electron chi connectivity index (χ0n) is 13.5. The average molecular weight is 294 g/mol. The van der Waals surface area contributed by atoms with Crippen LogP contribution >= 0.6 is 0 Å². The Balaban J connectivity index is 2.20. The summed E-state index contributed by atoms with van der Waals surface area (Å²) in [6, 6.07) is 7.60. The molecule has 0 radical (unpaired) electrons. The highest BCUT2D eigenvalue weighted by Gasteiger charge is 2.12. The van der Waals surface area contributed by atoms with E-state index in [1.165, 1.54) is 32.1 Å². The van der Waals surface area contributed by atoms with Crippen LogP contribution in [0.1, 0.15) is 64.0 Å². The molecule has 1 rings (SSSR count). The summed E-state index contributed by atoms with van der Waals surface area (Å²) in [7, 11) is 0. The fraction of sp³-hybridized carbons (Fsp3) is 0.667. The minimum Gasteiger partial charge on any atom is -0.493 e. The van der Waals surface area contributed by atoms with Crippen LogP contribution < -0.4 is 4.74 Å². The van der Waals surface area contributed by atoms with Gasteiger partial charge in [-0.1, -0.05) is 57.2 Å². The monoisotopic (exact) mass is 294 g/mol. The van der Waals surface area contributed by atoms with Crippen LogP contribution in [0, 0.1) is 0 Å². The van der Waals surface area contributed by atoms with Crippen LogP contribution in [0.25, 0.3) is 0 Å². The molecule has 1 atom stereocenters. The van der Waals surface area contributed by atoms with Gasteiger partial charge in [0, 0.05) is 12.2 Å². The molecule has 0 aliphatic heterocycles. The van der Waals surface area contributed by atoms with Gasteiger partial charge in [-0.15, -0.1) is 0 Å². The minimum atomic E-state index is -0.618. The zero-order chi connectivity index (χ0) is 15.3. The molecule has 0 aliphatic rings. The molecular formula is C18H30O3. The van der Waals surface area contributed by atoms with E-state index in [2.05, 4.69) is 6.92 Å². The van der Waals surface area contributed by atoms with E-state index >= 15 is 0 Å². The van der Waals surface area contributed by atoms with Crippen LogP contribution in [-0.2, 0) is 4.74 Å². The summed E-state index contributed by atoms with van der Waals surface area (Å²) in [5, 5.41) is 10.2. The molecule has 21 heavy (non-hydrogen) atoms. The molecule has 0 saturated heterocycles. The van der Waals surface area contributed by atoms with E-state index < -0.39 is 6.10 Å². The van der Waals surface area contributed by atoms with Crippen LogP contribution in [0.4, 0.5) is 0 Å². The SMILES string of the molecule is CCCCCCCCOCC(O)c1ccccc1OCC. The number of rotatable bonds is 12. The predicted molar refractivity (Wildman–Crippen MR) is 86.8 cm³/mol. The van der Waals surface area contributed by atoms with Crippen molar-refractivity contribution in [2.45, 2.75) is 58.5 Å². The van der Waals surface area contributed by atoms with E-state index in [0.717, 1.165) is 24.3 Å². The first kappa shape index (κ1) is 18.0. The van der Waals surface area contributed by atoms with Gasteiger partial charge in [-0.25, -0.2) is 0 Å². The molecule has 0 aliphatic carbocycles. The van der Waals surface area contributed by atoms with Crippen molar-refractivity contribution in [2.24, 2.45) is 0 Å². The maximum absolute atomic E-state index is 10.2. The zero-order valence-corrected chi connectivity index (χ0v) is 13.5. The van der Waals surface area contributed by atoms with Gasteiger partial charge in [0.05, 0.1) is 13.2 Å². The number of unbranched alkanes of at least 4 members (excludes halogenated alkanes) is 5. The van der Waals surface area contributed by atoms with Crippen LogP contribution in [-0.4, -0.2) is 24.9 Å². The Morgan fingerprint density at radius 3 is 2.48 bits per heavy atom. The lowest BCUT2D eigenvalue weighted by Crippen LogP contribution is -2.10. The second-order valence-corrected chi connectivity index (χ2v) is 5.33. The summed E-state index contributed by atoms with van der Waals surface area (Å²) in [5.41, 5.74) is 0.808. The van der Waals surface area contributed by atoms with Gasteiger partial charge in [0.2, 0.25) is 0 Å². The van der Waals surface area contributed by atoms with Crippen LogP contribution in [0.5, 0.6) is 5.75 Å². The summed E-state index contributed by atoms with van der Waals surface area (Å²) >= 11 is 0. The van der Waals surface area contributed by atoms with Gasteiger partial charge in [-0.2, -0.15) is 0 Å². The van der Waals surface area contributed by atoms with E-state index in [0.29, 0.717) is 13.2 Å². The maximum Gasteiger partial charge on any atom is 0.125 e. The van der Waals surface area contributed by atoms with E-state index in [-0.39, 0.29) is 0 Å². The Morgan fingerprint density at radius 1 is 1.00 bits per heavy atom. The largest absolute Gasteiger partial charge is 0.493 e.